The van der Waals surface area contributed by atoms with Crippen molar-refractivity contribution in [1.29, 1.82) is 0 Å². The average molecular weight is 485 g/mol. The van der Waals surface area contributed by atoms with Crippen LogP contribution in [0.3, 0.4) is 0 Å². The number of aryl methyl sites for hydroxylation is 3. The van der Waals surface area contributed by atoms with Crippen molar-refractivity contribution in [3.05, 3.63) is 63.1 Å². The number of rotatable bonds is 6. The predicted octanol–water partition coefficient (Wildman–Crippen LogP) is 5.00. The Labute approximate surface area is 188 Å². The minimum Gasteiger partial charge on any atom is -0.490 e. The smallest absolute Gasteiger partial charge is 0.125 e. The molecule has 0 bridgehead atoms. The van der Waals surface area contributed by atoms with E-state index in [1.165, 1.54) is 5.56 Å². The molecule has 160 valence electrons. The molecule has 0 spiro atoms. The van der Waals surface area contributed by atoms with Gasteiger partial charge in [0.15, 0.2) is 0 Å². The Morgan fingerprint density at radius 3 is 2.41 bits per heavy atom. The van der Waals surface area contributed by atoms with Crippen molar-refractivity contribution >= 4 is 28.3 Å². The van der Waals surface area contributed by atoms with Crippen molar-refractivity contribution < 1.29 is 14.6 Å². The molecule has 0 amide bonds. The molecule has 2 aromatic rings. The Morgan fingerprint density at radius 2 is 1.79 bits per heavy atom. The van der Waals surface area contributed by atoms with Gasteiger partial charge in [-0.3, -0.25) is 4.90 Å². The zero-order valence-corrected chi connectivity index (χ0v) is 19.9. The third kappa shape index (κ3) is 6.19. The summed E-state index contributed by atoms with van der Waals surface area (Å²) >= 11 is 3.48. The molecule has 1 aliphatic heterocycles. The lowest BCUT2D eigenvalue weighted by atomic mass is 10.0. The quantitative estimate of drug-likeness (QED) is 0.627. The molecule has 1 N–H and O–H groups in total. The van der Waals surface area contributed by atoms with Crippen LogP contribution in [0.4, 0.5) is 0 Å². The topological polar surface area (TPSA) is 41.9 Å². The zero-order valence-electron chi connectivity index (χ0n) is 17.5. The van der Waals surface area contributed by atoms with Crippen LogP contribution in [-0.4, -0.2) is 48.5 Å². The minimum atomic E-state index is -0.550. The predicted molar refractivity (Wildman–Crippen MR) is 123 cm³/mol. The monoisotopic (exact) mass is 483 g/mol. The van der Waals surface area contributed by atoms with Crippen molar-refractivity contribution in [2.45, 2.75) is 45.9 Å². The molecule has 0 radical (unpaired) electrons. The van der Waals surface area contributed by atoms with Crippen LogP contribution < -0.4 is 4.74 Å². The summed E-state index contributed by atoms with van der Waals surface area (Å²) in [4.78, 5) is 2.29. The highest BCUT2D eigenvalue weighted by Gasteiger charge is 2.31. The molecular formula is C23H31BrClNO3. The first-order valence-corrected chi connectivity index (χ1v) is 10.6. The Bertz CT molecular complexity index is 776. The van der Waals surface area contributed by atoms with E-state index < -0.39 is 6.10 Å². The van der Waals surface area contributed by atoms with Gasteiger partial charge in [0.25, 0.3) is 0 Å². The second-order valence-corrected chi connectivity index (χ2v) is 8.69. The number of aliphatic hydroxyl groups is 1. The van der Waals surface area contributed by atoms with Gasteiger partial charge in [-0.15, -0.1) is 12.4 Å². The van der Waals surface area contributed by atoms with Crippen LogP contribution in [0.5, 0.6) is 5.75 Å². The highest BCUT2D eigenvalue weighted by Crippen LogP contribution is 2.29. The first kappa shape index (κ1) is 24.2. The van der Waals surface area contributed by atoms with Crippen molar-refractivity contribution in [2.24, 2.45) is 0 Å². The first-order valence-electron chi connectivity index (χ1n) is 9.85. The summed E-state index contributed by atoms with van der Waals surface area (Å²) in [6.45, 7) is 10.7. The third-order valence-corrected chi connectivity index (χ3v) is 5.89. The van der Waals surface area contributed by atoms with E-state index >= 15 is 0 Å². The number of hydrogen-bond donors (Lipinski definition) is 1. The van der Waals surface area contributed by atoms with Gasteiger partial charge in [0, 0.05) is 23.6 Å². The molecule has 1 heterocycles. The van der Waals surface area contributed by atoms with E-state index in [1.54, 1.807) is 0 Å². The second kappa shape index (κ2) is 10.8. The van der Waals surface area contributed by atoms with Gasteiger partial charge in [-0.1, -0.05) is 45.8 Å². The third-order valence-electron chi connectivity index (χ3n) is 5.36. The largest absolute Gasteiger partial charge is 0.490 e. The molecular weight excluding hydrogens is 454 g/mol. The van der Waals surface area contributed by atoms with E-state index in [-0.39, 0.29) is 31.2 Å². The van der Waals surface area contributed by atoms with Crippen molar-refractivity contribution in [1.82, 2.24) is 4.90 Å². The summed E-state index contributed by atoms with van der Waals surface area (Å²) in [5.74, 6) is 0.882. The minimum absolute atomic E-state index is 0. The molecule has 1 aliphatic rings. The van der Waals surface area contributed by atoms with Gasteiger partial charge >= 0.3 is 0 Å². The Hall–Kier alpha value is -1.11. The molecule has 4 nitrogen and oxygen atoms in total. The van der Waals surface area contributed by atoms with Gasteiger partial charge in [-0.25, -0.2) is 0 Å². The van der Waals surface area contributed by atoms with Gasteiger partial charge in [-0.05, 0) is 56.5 Å². The molecule has 2 aromatic carbocycles. The Morgan fingerprint density at radius 1 is 1.17 bits per heavy atom. The summed E-state index contributed by atoms with van der Waals surface area (Å²) in [6, 6.07) is 12.7. The summed E-state index contributed by atoms with van der Waals surface area (Å²) in [5.41, 5.74) is 4.61. The van der Waals surface area contributed by atoms with Gasteiger partial charge in [-0.2, -0.15) is 0 Å². The average Bonchev–Trinajstić information content (AvgIpc) is 2.63. The van der Waals surface area contributed by atoms with Crippen LogP contribution in [-0.2, 0) is 4.74 Å². The lowest BCUT2D eigenvalue weighted by Crippen LogP contribution is -2.49. The normalized spacial score (nSPS) is 20.8. The number of morpholine rings is 1. The Kier molecular flexibility index (Phi) is 8.98. The highest BCUT2D eigenvalue weighted by molar-refractivity contribution is 9.10. The molecule has 3 atom stereocenters. The van der Waals surface area contributed by atoms with E-state index in [0.29, 0.717) is 13.2 Å². The van der Waals surface area contributed by atoms with Gasteiger partial charge in [0.05, 0.1) is 12.7 Å². The number of β-amino-alcohol motifs (C(OH)–C–C–N with tert-alkyl or cyclic N) is 1. The number of aliphatic hydroxyl groups excluding tert-OH is 1. The molecule has 3 unspecified atom stereocenters. The van der Waals surface area contributed by atoms with Gasteiger partial charge < -0.3 is 14.6 Å². The molecule has 3 rings (SSSR count). The molecule has 0 aliphatic carbocycles. The fourth-order valence-corrected chi connectivity index (χ4v) is 4.28. The molecule has 1 fully saturated rings. The van der Waals surface area contributed by atoms with Crippen molar-refractivity contribution in [2.75, 3.05) is 26.3 Å². The SMILES string of the molecule is Cc1cc(C)c(OCC(O)CN2CCOC(c3ccc(Br)cc3)C2C)c(C)c1.Cl. The van der Waals surface area contributed by atoms with Crippen LogP contribution >= 0.6 is 28.3 Å². The first-order chi connectivity index (χ1) is 13.3. The molecule has 0 saturated carbocycles. The van der Waals surface area contributed by atoms with Crippen LogP contribution in [0, 0.1) is 20.8 Å². The molecule has 1 saturated heterocycles. The van der Waals surface area contributed by atoms with E-state index in [4.69, 9.17) is 9.47 Å². The molecule has 6 heteroatoms. The van der Waals surface area contributed by atoms with E-state index in [2.05, 4.69) is 72.8 Å². The van der Waals surface area contributed by atoms with Crippen molar-refractivity contribution in [3.63, 3.8) is 0 Å². The van der Waals surface area contributed by atoms with Crippen LogP contribution in [0.1, 0.15) is 35.3 Å². The standard InChI is InChI=1S/C23H30BrNO3.ClH/c1-15-11-16(2)22(17(3)12-15)28-14-21(26)13-25-9-10-27-23(18(25)4)19-5-7-20(24)8-6-19;/h5-8,11-12,18,21,23,26H,9-10,13-14H2,1-4H3;1H. The number of ether oxygens (including phenoxy) is 2. The van der Waals surface area contributed by atoms with Gasteiger partial charge in [0.1, 0.15) is 18.5 Å². The second-order valence-electron chi connectivity index (χ2n) is 7.77. The number of nitrogens with zero attached hydrogens (tertiary/aromatic N) is 1. The lowest BCUT2D eigenvalue weighted by molar-refractivity contribution is -0.0805. The van der Waals surface area contributed by atoms with Crippen molar-refractivity contribution in [3.8, 4) is 5.75 Å². The summed E-state index contributed by atoms with van der Waals surface area (Å²) in [6.07, 6.45) is -0.539. The van der Waals surface area contributed by atoms with Crippen LogP contribution in [0.15, 0.2) is 40.9 Å². The summed E-state index contributed by atoms with van der Waals surface area (Å²) in [7, 11) is 0. The summed E-state index contributed by atoms with van der Waals surface area (Å²) < 4.78 is 13.1. The number of halogens is 2. The zero-order chi connectivity index (χ0) is 20.3. The fourth-order valence-electron chi connectivity index (χ4n) is 4.01. The molecule has 0 aromatic heterocycles. The maximum Gasteiger partial charge on any atom is 0.125 e. The number of hydrogen-bond acceptors (Lipinski definition) is 4. The molecule has 29 heavy (non-hydrogen) atoms. The number of benzene rings is 2. The summed E-state index contributed by atoms with van der Waals surface area (Å²) in [5, 5.41) is 10.6. The van der Waals surface area contributed by atoms with E-state index in [1.807, 2.05) is 12.1 Å². The Balaban J connectivity index is 0.00000300. The highest BCUT2D eigenvalue weighted by atomic mass is 79.9. The maximum absolute atomic E-state index is 10.6. The maximum atomic E-state index is 10.6. The lowest BCUT2D eigenvalue weighted by Gasteiger charge is -2.40. The fraction of sp³-hybridized carbons (Fsp3) is 0.478. The van der Waals surface area contributed by atoms with Gasteiger partial charge in [0.2, 0.25) is 0 Å². The van der Waals surface area contributed by atoms with E-state index in [0.717, 1.165) is 33.5 Å². The van der Waals surface area contributed by atoms with Crippen LogP contribution in [0.2, 0.25) is 0 Å². The van der Waals surface area contributed by atoms with Crippen LogP contribution in [0.25, 0.3) is 0 Å². The van der Waals surface area contributed by atoms with E-state index in [9.17, 15) is 5.11 Å².